The van der Waals surface area contributed by atoms with E-state index >= 15 is 0 Å². The number of aryl methyl sites for hydroxylation is 2. The lowest BCUT2D eigenvalue weighted by molar-refractivity contribution is -0.120. The van der Waals surface area contributed by atoms with E-state index in [1.807, 2.05) is 43.5 Å². The van der Waals surface area contributed by atoms with Gasteiger partial charge in [0.25, 0.3) is 11.8 Å². The van der Waals surface area contributed by atoms with Gasteiger partial charge in [0, 0.05) is 10.6 Å². The van der Waals surface area contributed by atoms with Crippen molar-refractivity contribution in [3.05, 3.63) is 86.5 Å². The fourth-order valence-corrected chi connectivity index (χ4v) is 4.10. The second-order valence-corrected chi connectivity index (χ2v) is 8.07. The monoisotopic (exact) mass is 426 g/mol. The Hall–Kier alpha value is -2.96. The zero-order chi connectivity index (χ0) is 20.7. The molecule has 146 valence electrons. The molecule has 0 saturated carbocycles. The summed E-state index contributed by atoms with van der Waals surface area (Å²) >= 11 is 7.24. The molecule has 0 saturated heterocycles. The van der Waals surface area contributed by atoms with E-state index in [1.54, 1.807) is 6.07 Å². The molecule has 1 aliphatic rings. The van der Waals surface area contributed by atoms with Gasteiger partial charge in [0.1, 0.15) is 11.5 Å². The van der Waals surface area contributed by atoms with Gasteiger partial charge in [-0.05, 0) is 60.7 Å². The van der Waals surface area contributed by atoms with Crippen LogP contribution in [0.5, 0.6) is 0 Å². The van der Waals surface area contributed by atoms with Crippen LogP contribution in [0.3, 0.4) is 0 Å². The zero-order valence-corrected chi connectivity index (χ0v) is 17.2. The van der Waals surface area contributed by atoms with E-state index in [0.717, 1.165) is 27.8 Å². The number of imide groups is 1. The lowest BCUT2D eigenvalue weighted by Crippen LogP contribution is -2.32. The number of carbonyl (C=O) groups is 2. The molecule has 1 N–H and O–H groups in total. The molecule has 1 aromatic heterocycles. The fourth-order valence-electron chi connectivity index (χ4n) is 3.16. The van der Waals surface area contributed by atoms with Crippen molar-refractivity contribution in [2.24, 2.45) is 0 Å². The summed E-state index contributed by atoms with van der Waals surface area (Å²) in [4.78, 5) is 28.2. The number of nitrogens with one attached hydrogen (secondary N) is 1. The Labute approximate surface area is 176 Å². The molecular weight excluding hydrogens is 411 g/mol. The van der Waals surface area contributed by atoms with Crippen molar-refractivity contribution in [3.63, 3.8) is 0 Å². The highest BCUT2D eigenvalue weighted by Gasteiger charge is 2.41. The average molecular weight is 427 g/mol. The molecule has 0 bridgehead atoms. The molecule has 4 nitrogen and oxygen atoms in total. The molecule has 1 aliphatic heterocycles. The van der Waals surface area contributed by atoms with Gasteiger partial charge < -0.3 is 5.32 Å². The first-order valence-corrected chi connectivity index (χ1v) is 10.1. The van der Waals surface area contributed by atoms with E-state index < -0.39 is 17.6 Å². The van der Waals surface area contributed by atoms with E-state index in [1.165, 1.54) is 23.5 Å². The molecule has 0 atom stereocenters. The van der Waals surface area contributed by atoms with Crippen LogP contribution >= 0.6 is 22.9 Å². The maximum Gasteiger partial charge on any atom is 0.282 e. The Morgan fingerprint density at radius 3 is 2.52 bits per heavy atom. The van der Waals surface area contributed by atoms with Crippen molar-refractivity contribution in [2.75, 3.05) is 10.2 Å². The van der Waals surface area contributed by atoms with Gasteiger partial charge in [-0.25, -0.2) is 9.29 Å². The van der Waals surface area contributed by atoms with Crippen molar-refractivity contribution >= 4 is 51.7 Å². The number of hydrogen-bond acceptors (Lipinski definition) is 4. The molecule has 29 heavy (non-hydrogen) atoms. The smallest absolute Gasteiger partial charge is 0.282 e. The first kappa shape index (κ1) is 19.4. The molecule has 2 heterocycles. The highest BCUT2D eigenvalue weighted by Crippen LogP contribution is 2.37. The summed E-state index contributed by atoms with van der Waals surface area (Å²) in [5.74, 6) is -1.61. The molecule has 0 unspecified atom stereocenters. The maximum absolute atomic E-state index is 13.6. The lowest BCUT2D eigenvalue weighted by atomic mass is 10.1. The predicted molar refractivity (Wildman–Crippen MR) is 115 cm³/mol. The summed E-state index contributed by atoms with van der Waals surface area (Å²) in [6.07, 6.45) is 0. The van der Waals surface area contributed by atoms with Crippen LogP contribution in [0.2, 0.25) is 5.02 Å². The summed E-state index contributed by atoms with van der Waals surface area (Å²) in [5, 5.41) is 4.85. The Kier molecular flexibility index (Phi) is 4.98. The van der Waals surface area contributed by atoms with Gasteiger partial charge in [-0.1, -0.05) is 29.8 Å². The molecule has 0 spiro atoms. The van der Waals surface area contributed by atoms with Gasteiger partial charge in [0.05, 0.1) is 16.3 Å². The number of amides is 2. The van der Waals surface area contributed by atoms with Crippen molar-refractivity contribution in [2.45, 2.75) is 13.8 Å². The topological polar surface area (TPSA) is 49.4 Å². The van der Waals surface area contributed by atoms with Gasteiger partial charge in [0.2, 0.25) is 0 Å². The van der Waals surface area contributed by atoms with Crippen LogP contribution in [-0.4, -0.2) is 11.8 Å². The van der Waals surface area contributed by atoms with Crippen LogP contribution < -0.4 is 10.2 Å². The van der Waals surface area contributed by atoms with Gasteiger partial charge in [-0.3, -0.25) is 9.59 Å². The summed E-state index contributed by atoms with van der Waals surface area (Å²) in [5.41, 5.74) is 3.40. The third-order valence-corrected chi connectivity index (χ3v) is 5.84. The molecule has 2 aromatic carbocycles. The minimum atomic E-state index is -0.616. The molecular formula is C22H16ClFN2O2S. The van der Waals surface area contributed by atoms with Crippen LogP contribution in [0.4, 0.5) is 15.8 Å². The van der Waals surface area contributed by atoms with E-state index in [0.29, 0.717) is 4.88 Å². The molecule has 4 rings (SSSR count). The van der Waals surface area contributed by atoms with Gasteiger partial charge in [-0.15, -0.1) is 11.3 Å². The van der Waals surface area contributed by atoms with Crippen molar-refractivity contribution in [1.29, 1.82) is 0 Å². The number of rotatable bonds is 4. The second-order valence-electron chi connectivity index (χ2n) is 6.71. The highest BCUT2D eigenvalue weighted by molar-refractivity contribution is 7.11. The number of halogens is 2. The number of hydrogen-bond donors (Lipinski definition) is 1. The van der Waals surface area contributed by atoms with E-state index in [4.69, 9.17) is 11.6 Å². The Balaban J connectivity index is 1.82. The van der Waals surface area contributed by atoms with Crippen LogP contribution in [0.1, 0.15) is 16.0 Å². The lowest BCUT2D eigenvalue weighted by Gasteiger charge is -2.16. The summed E-state index contributed by atoms with van der Waals surface area (Å²) in [6.45, 7) is 3.87. The van der Waals surface area contributed by atoms with Crippen molar-refractivity contribution < 1.29 is 14.0 Å². The normalized spacial score (nSPS) is 14.1. The largest absolute Gasteiger partial charge is 0.350 e. The fraction of sp³-hybridized carbons (Fsp3) is 0.0909. The summed E-state index contributed by atoms with van der Waals surface area (Å²) in [6, 6.07) is 13.2. The van der Waals surface area contributed by atoms with Gasteiger partial charge in [0.15, 0.2) is 0 Å². The first-order valence-electron chi connectivity index (χ1n) is 8.83. The van der Waals surface area contributed by atoms with Crippen LogP contribution in [0.15, 0.2) is 59.6 Å². The van der Waals surface area contributed by atoms with E-state index in [2.05, 4.69) is 5.32 Å². The quantitative estimate of drug-likeness (QED) is 0.556. The van der Waals surface area contributed by atoms with Crippen LogP contribution in [0.25, 0.3) is 5.57 Å². The standard InChI is InChI=1S/C22H16ClFN2O2S/c1-12-5-6-13(2)17(10-12)25-20-19(18-4-3-9-29-18)21(27)26(22(20)28)14-7-8-16(24)15(23)11-14/h3-11,25H,1-2H3. The number of carbonyl (C=O) groups excluding carboxylic acids is 2. The van der Waals surface area contributed by atoms with Crippen molar-refractivity contribution in [1.82, 2.24) is 0 Å². The number of thiophene rings is 1. The Bertz CT molecular complexity index is 1170. The van der Waals surface area contributed by atoms with Crippen molar-refractivity contribution in [3.8, 4) is 0 Å². The molecule has 7 heteroatoms. The van der Waals surface area contributed by atoms with E-state index in [-0.39, 0.29) is 22.0 Å². The maximum atomic E-state index is 13.6. The van der Waals surface area contributed by atoms with Crippen LogP contribution in [-0.2, 0) is 9.59 Å². The molecule has 0 fully saturated rings. The number of benzene rings is 2. The minimum Gasteiger partial charge on any atom is -0.350 e. The number of anilines is 2. The third kappa shape index (κ3) is 3.45. The Morgan fingerprint density at radius 2 is 1.83 bits per heavy atom. The minimum absolute atomic E-state index is 0.156. The first-order chi connectivity index (χ1) is 13.9. The molecule has 0 aliphatic carbocycles. The highest BCUT2D eigenvalue weighted by atomic mass is 35.5. The summed E-state index contributed by atoms with van der Waals surface area (Å²) < 4.78 is 13.6. The predicted octanol–water partition coefficient (Wildman–Crippen LogP) is 5.55. The molecule has 2 amide bonds. The van der Waals surface area contributed by atoms with Gasteiger partial charge in [-0.2, -0.15) is 0 Å². The number of nitrogens with zero attached hydrogens (tertiary/aromatic N) is 1. The SMILES string of the molecule is Cc1ccc(C)c(NC2=C(c3cccs3)C(=O)N(c3ccc(F)c(Cl)c3)C2=O)c1. The zero-order valence-electron chi connectivity index (χ0n) is 15.6. The van der Waals surface area contributed by atoms with Gasteiger partial charge >= 0.3 is 0 Å². The second kappa shape index (κ2) is 7.46. The third-order valence-electron chi connectivity index (χ3n) is 4.67. The summed E-state index contributed by atoms with van der Waals surface area (Å²) in [7, 11) is 0. The Morgan fingerprint density at radius 1 is 1.03 bits per heavy atom. The molecule has 0 radical (unpaired) electrons. The van der Waals surface area contributed by atoms with E-state index in [9.17, 15) is 14.0 Å². The van der Waals surface area contributed by atoms with Crippen LogP contribution in [0, 0.1) is 19.7 Å². The molecule has 3 aromatic rings. The average Bonchev–Trinajstić information content (AvgIpc) is 3.28.